The highest BCUT2D eigenvalue weighted by molar-refractivity contribution is 6.34. The van der Waals surface area contributed by atoms with Crippen molar-refractivity contribution in [1.29, 1.82) is 0 Å². The normalized spacial score (nSPS) is 11.7. The minimum Gasteiger partial charge on any atom is -0.494 e. The zero-order valence-electron chi connectivity index (χ0n) is 18.7. The Hall–Kier alpha value is -3.03. The molecule has 0 bridgehead atoms. The van der Waals surface area contributed by atoms with E-state index in [-0.39, 0.29) is 11.8 Å². The molecule has 9 heteroatoms. The number of halogens is 2. The predicted molar refractivity (Wildman–Crippen MR) is 131 cm³/mol. The summed E-state index contributed by atoms with van der Waals surface area (Å²) >= 11 is 12.2. The van der Waals surface area contributed by atoms with Crippen LogP contribution in [-0.4, -0.2) is 28.2 Å². The summed E-state index contributed by atoms with van der Waals surface area (Å²) in [6.45, 7) is 5.96. The lowest BCUT2D eigenvalue weighted by molar-refractivity contribution is -0.119. The van der Waals surface area contributed by atoms with Gasteiger partial charge in [-0.05, 0) is 75.7 Å². The number of anilines is 2. The van der Waals surface area contributed by atoms with Crippen molar-refractivity contribution in [3.63, 3.8) is 0 Å². The third-order valence-corrected chi connectivity index (χ3v) is 5.50. The lowest BCUT2D eigenvalue weighted by atomic mass is 10.2. The predicted octanol–water partition coefficient (Wildman–Crippen LogP) is 5.80. The maximum atomic E-state index is 12.6. The van der Waals surface area contributed by atoms with Crippen molar-refractivity contribution in [3.05, 3.63) is 70.0 Å². The molecule has 7 nitrogen and oxygen atoms in total. The van der Waals surface area contributed by atoms with Gasteiger partial charge in [-0.1, -0.05) is 23.2 Å². The van der Waals surface area contributed by atoms with Gasteiger partial charge in [0.2, 0.25) is 11.8 Å². The minimum absolute atomic E-state index is 0.152. The molecule has 2 aromatic carbocycles. The molecule has 1 unspecified atom stereocenters. The molecule has 0 saturated carbocycles. The summed E-state index contributed by atoms with van der Waals surface area (Å²) in [6, 6.07) is 13.4. The topological polar surface area (TPSA) is 85.2 Å². The third kappa shape index (κ3) is 6.97. The van der Waals surface area contributed by atoms with Crippen LogP contribution in [0, 0.1) is 13.8 Å². The molecule has 3 aromatic rings. The average molecular weight is 489 g/mol. The highest BCUT2D eigenvalue weighted by Gasteiger charge is 2.19. The van der Waals surface area contributed by atoms with Crippen molar-refractivity contribution in [1.82, 2.24) is 9.78 Å². The van der Waals surface area contributed by atoms with Crippen LogP contribution in [-0.2, 0) is 9.59 Å². The number of rotatable bonds is 9. The summed E-state index contributed by atoms with van der Waals surface area (Å²) in [6.07, 6.45) is 0.852. The Bertz CT molecular complexity index is 1130. The maximum Gasteiger partial charge on any atom is 0.248 e. The van der Waals surface area contributed by atoms with Crippen molar-refractivity contribution in [2.24, 2.45) is 0 Å². The van der Waals surface area contributed by atoms with Gasteiger partial charge in [-0.2, -0.15) is 5.10 Å². The van der Waals surface area contributed by atoms with Crippen LogP contribution in [0.3, 0.4) is 0 Å². The number of aromatic nitrogens is 2. The Balaban J connectivity index is 1.48. The molecule has 0 radical (unpaired) electrons. The van der Waals surface area contributed by atoms with Crippen LogP contribution in [0.1, 0.15) is 37.2 Å². The van der Waals surface area contributed by atoms with E-state index in [1.165, 1.54) is 0 Å². The van der Waals surface area contributed by atoms with E-state index >= 15 is 0 Å². The Morgan fingerprint density at radius 2 is 1.79 bits per heavy atom. The second kappa shape index (κ2) is 11.2. The van der Waals surface area contributed by atoms with Crippen LogP contribution in [0.2, 0.25) is 10.0 Å². The molecule has 174 valence electrons. The van der Waals surface area contributed by atoms with Gasteiger partial charge in [0.1, 0.15) is 11.8 Å². The van der Waals surface area contributed by atoms with Crippen molar-refractivity contribution >= 4 is 46.4 Å². The van der Waals surface area contributed by atoms with Crippen LogP contribution in [0.5, 0.6) is 5.75 Å². The molecular formula is C24H26Cl2N4O3. The Morgan fingerprint density at radius 1 is 1.06 bits per heavy atom. The smallest absolute Gasteiger partial charge is 0.248 e. The van der Waals surface area contributed by atoms with Gasteiger partial charge < -0.3 is 15.4 Å². The molecule has 2 amide bonds. The molecule has 1 heterocycles. The molecule has 0 aliphatic carbocycles. The molecule has 0 saturated heterocycles. The molecule has 1 atom stereocenters. The lowest BCUT2D eigenvalue weighted by Gasteiger charge is -2.16. The Kier molecular flexibility index (Phi) is 8.36. The SMILES string of the molecule is Cc1cc(C)n(C(C)C(=O)Nc2ccc(NC(=O)CCCOc3ccc(Cl)cc3)cc2Cl)n1. The average Bonchev–Trinajstić information content (AvgIpc) is 3.11. The van der Waals surface area contributed by atoms with E-state index in [1.807, 2.05) is 19.9 Å². The first-order valence-corrected chi connectivity index (χ1v) is 11.3. The standard InChI is InChI=1S/C24H26Cl2N4O3/c1-15-13-16(2)30(29-15)17(3)24(32)28-22-11-8-19(14-21(22)26)27-23(31)5-4-12-33-20-9-6-18(25)7-10-20/h6-11,13-14,17H,4-5,12H2,1-3H3,(H,27,31)(H,28,32). The van der Waals surface area contributed by atoms with Gasteiger partial charge in [0.25, 0.3) is 0 Å². The van der Waals surface area contributed by atoms with Crippen molar-refractivity contribution < 1.29 is 14.3 Å². The Morgan fingerprint density at radius 3 is 2.42 bits per heavy atom. The maximum absolute atomic E-state index is 12.6. The monoisotopic (exact) mass is 488 g/mol. The number of carbonyl (C=O) groups excluding carboxylic acids is 2. The number of ether oxygens (including phenoxy) is 1. The van der Waals surface area contributed by atoms with Gasteiger partial charge in [-0.25, -0.2) is 0 Å². The van der Waals surface area contributed by atoms with Gasteiger partial charge >= 0.3 is 0 Å². The Labute approximate surface area is 203 Å². The number of amides is 2. The highest BCUT2D eigenvalue weighted by Crippen LogP contribution is 2.27. The third-order valence-electron chi connectivity index (χ3n) is 4.93. The molecule has 33 heavy (non-hydrogen) atoms. The number of nitrogens with one attached hydrogen (secondary N) is 2. The molecule has 0 aliphatic rings. The van der Waals surface area contributed by atoms with Crippen molar-refractivity contribution in [2.75, 3.05) is 17.2 Å². The first kappa shape index (κ1) is 24.6. The molecular weight excluding hydrogens is 463 g/mol. The summed E-state index contributed by atoms with van der Waals surface area (Å²) in [5.41, 5.74) is 2.76. The number of hydrogen-bond donors (Lipinski definition) is 2. The summed E-state index contributed by atoms with van der Waals surface area (Å²) in [7, 11) is 0. The molecule has 0 aliphatic heterocycles. The van der Waals surface area contributed by atoms with Crippen molar-refractivity contribution in [3.8, 4) is 5.75 Å². The number of nitrogens with zero attached hydrogens (tertiary/aromatic N) is 2. The number of benzene rings is 2. The summed E-state index contributed by atoms with van der Waals surface area (Å²) in [5.74, 6) is 0.317. The van der Waals surface area contributed by atoms with E-state index in [1.54, 1.807) is 54.1 Å². The first-order chi connectivity index (χ1) is 15.7. The largest absolute Gasteiger partial charge is 0.494 e. The van der Waals surface area contributed by atoms with E-state index < -0.39 is 6.04 Å². The zero-order chi connectivity index (χ0) is 24.0. The van der Waals surface area contributed by atoms with Gasteiger partial charge in [0.05, 0.1) is 23.0 Å². The van der Waals surface area contributed by atoms with E-state index in [2.05, 4.69) is 15.7 Å². The van der Waals surface area contributed by atoms with Gasteiger partial charge in [0, 0.05) is 22.8 Å². The molecule has 2 N–H and O–H groups in total. The summed E-state index contributed by atoms with van der Waals surface area (Å²) in [5, 5.41) is 10.9. The number of hydrogen-bond acceptors (Lipinski definition) is 4. The van der Waals surface area contributed by atoms with Crippen LogP contribution in [0.15, 0.2) is 48.5 Å². The van der Waals surface area contributed by atoms with Crippen LogP contribution in [0.4, 0.5) is 11.4 Å². The van der Waals surface area contributed by atoms with Crippen LogP contribution < -0.4 is 15.4 Å². The second-order valence-electron chi connectivity index (χ2n) is 7.69. The first-order valence-electron chi connectivity index (χ1n) is 10.5. The summed E-state index contributed by atoms with van der Waals surface area (Å²) in [4.78, 5) is 24.9. The number of carbonyl (C=O) groups is 2. The number of aryl methyl sites for hydroxylation is 2. The minimum atomic E-state index is -0.496. The molecule has 0 spiro atoms. The summed E-state index contributed by atoms with van der Waals surface area (Å²) < 4.78 is 7.26. The lowest BCUT2D eigenvalue weighted by Crippen LogP contribution is -2.25. The van der Waals surface area contributed by atoms with E-state index in [9.17, 15) is 9.59 Å². The zero-order valence-corrected chi connectivity index (χ0v) is 20.2. The van der Waals surface area contributed by atoms with E-state index in [4.69, 9.17) is 27.9 Å². The van der Waals surface area contributed by atoms with Gasteiger partial charge in [-0.15, -0.1) is 0 Å². The quantitative estimate of drug-likeness (QED) is 0.372. The van der Waals surface area contributed by atoms with E-state index in [0.717, 1.165) is 11.4 Å². The van der Waals surface area contributed by atoms with Crippen molar-refractivity contribution in [2.45, 2.75) is 39.7 Å². The van der Waals surface area contributed by atoms with Gasteiger partial charge in [-0.3, -0.25) is 14.3 Å². The molecule has 1 aromatic heterocycles. The fourth-order valence-corrected chi connectivity index (χ4v) is 3.61. The van der Waals surface area contributed by atoms with Crippen LogP contribution in [0.25, 0.3) is 0 Å². The molecule has 3 rings (SSSR count). The van der Waals surface area contributed by atoms with Gasteiger partial charge in [0.15, 0.2) is 0 Å². The molecule has 0 fully saturated rings. The second-order valence-corrected chi connectivity index (χ2v) is 8.53. The fraction of sp³-hybridized carbons (Fsp3) is 0.292. The van der Waals surface area contributed by atoms with E-state index in [0.29, 0.717) is 46.6 Å². The highest BCUT2D eigenvalue weighted by atomic mass is 35.5. The van der Waals surface area contributed by atoms with Crippen LogP contribution >= 0.6 is 23.2 Å². The fourth-order valence-electron chi connectivity index (χ4n) is 3.26.